The summed E-state index contributed by atoms with van der Waals surface area (Å²) < 4.78 is 23.1. The number of phosphoric ester groups is 1. The predicted molar refractivity (Wildman–Crippen MR) is 233 cm³/mol. The number of carbonyl (C=O) groups is 1. The molecule has 55 heavy (non-hydrogen) atoms. The summed E-state index contributed by atoms with van der Waals surface area (Å²) in [5.41, 5.74) is 0. The maximum atomic E-state index is 12.6. The van der Waals surface area contributed by atoms with Crippen LogP contribution in [0.3, 0.4) is 0 Å². The van der Waals surface area contributed by atoms with Crippen LogP contribution < -0.4 is 10.2 Å². The Hall–Kier alpha value is -0.500. The summed E-state index contributed by atoms with van der Waals surface area (Å²) in [6.07, 6.45) is 43.2. The Kier molecular flexibility index (Phi) is 38.6. The third kappa shape index (κ3) is 41.5. The van der Waals surface area contributed by atoms with Crippen molar-refractivity contribution in [3.8, 4) is 0 Å². The van der Waals surface area contributed by atoms with Crippen molar-refractivity contribution in [2.24, 2.45) is 0 Å². The van der Waals surface area contributed by atoms with Crippen molar-refractivity contribution in [1.29, 1.82) is 0 Å². The molecule has 0 aromatic heterocycles. The highest BCUT2D eigenvalue weighted by atomic mass is 31.2. The summed E-state index contributed by atoms with van der Waals surface area (Å²) in [6, 6.07) is -0.790. The number of rotatable bonds is 44. The van der Waals surface area contributed by atoms with E-state index in [1.807, 2.05) is 21.1 Å². The van der Waals surface area contributed by atoms with E-state index in [0.29, 0.717) is 23.9 Å². The van der Waals surface area contributed by atoms with Crippen molar-refractivity contribution in [2.45, 2.75) is 251 Å². The molecule has 0 heterocycles. The van der Waals surface area contributed by atoms with Crippen LogP contribution in [-0.4, -0.2) is 68.5 Å². The first kappa shape index (κ1) is 54.5. The van der Waals surface area contributed by atoms with Crippen LogP contribution in [-0.2, 0) is 18.4 Å². The standard InChI is InChI=1S/C46H95N2O6P/c1-6-8-10-12-13-14-15-16-17-18-19-20-21-22-23-24-25-26-27-28-29-30-31-32-33-34-36-37-39-45(49)44(47-46(50)40-38-35-11-9-7-2)43-54-55(51,52)53-42-41-48(3,4)5/h44-45,49H,6-43H2,1-5H3,(H-,47,50,51,52). The molecule has 0 spiro atoms. The van der Waals surface area contributed by atoms with Gasteiger partial charge in [-0.25, -0.2) is 0 Å². The Bertz CT molecular complexity index is 870. The number of aliphatic hydroxyl groups excluding tert-OH is 1. The van der Waals surface area contributed by atoms with Crippen LogP contribution >= 0.6 is 7.82 Å². The van der Waals surface area contributed by atoms with E-state index in [9.17, 15) is 19.4 Å². The molecule has 2 N–H and O–H groups in total. The van der Waals surface area contributed by atoms with Gasteiger partial charge in [-0.05, 0) is 12.8 Å². The highest BCUT2D eigenvalue weighted by Gasteiger charge is 2.24. The molecule has 330 valence electrons. The zero-order valence-electron chi connectivity index (χ0n) is 37.4. The van der Waals surface area contributed by atoms with Crippen molar-refractivity contribution in [1.82, 2.24) is 5.32 Å². The average molecular weight is 803 g/mol. The topological polar surface area (TPSA) is 108 Å². The smallest absolute Gasteiger partial charge is 0.268 e. The number of nitrogens with zero attached hydrogens (tertiary/aromatic N) is 1. The number of hydrogen-bond acceptors (Lipinski definition) is 6. The molecule has 9 heteroatoms. The molecular weight excluding hydrogens is 707 g/mol. The lowest BCUT2D eigenvalue weighted by atomic mass is 10.0. The summed E-state index contributed by atoms with van der Waals surface area (Å²) in [7, 11) is 1.31. The van der Waals surface area contributed by atoms with Crippen LogP contribution in [0.15, 0.2) is 0 Å². The van der Waals surface area contributed by atoms with Crippen molar-refractivity contribution in [3.63, 3.8) is 0 Å². The molecule has 0 saturated carbocycles. The van der Waals surface area contributed by atoms with Crippen molar-refractivity contribution < 1.29 is 32.9 Å². The molecule has 0 aromatic rings. The minimum absolute atomic E-state index is 0.0151. The molecule has 1 amide bonds. The van der Waals surface area contributed by atoms with Crippen LogP contribution in [0.25, 0.3) is 0 Å². The number of quaternary nitrogens is 1. The molecule has 0 radical (unpaired) electrons. The lowest BCUT2D eigenvalue weighted by Crippen LogP contribution is -2.46. The van der Waals surface area contributed by atoms with Crippen molar-refractivity contribution >= 4 is 13.7 Å². The fourth-order valence-corrected chi connectivity index (χ4v) is 8.00. The highest BCUT2D eigenvalue weighted by molar-refractivity contribution is 7.45. The predicted octanol–water partition coefficient (Wildman–Crippen LogP) is 12.7. The van der Waals surface area contributed by atoms with E-state index < -0.39 is 20.0 Å². The lowest BCUT2D eigenvalue weighted by molar-refractivity contribution is -0.870. The summed E-state index contributed by atoms with van der Waals surface area (Å²) in [4.78, 5) is 25.0. The molecule has 0 saturated heterocycles. The molecule has 3 atom stereocenters. The largest absolute Gasteiger partial charge is 0.756 e. The minimum atomic E-state index is -4.55. The van der Waals surface area contributed by atoms with Gasteiger partial charge in [-0.2, -0.15) is 0 Å². The van der Waals surface area contributed by atoms with Gasteiger partial charge in [-0.15, -0.1) is 0 Å². The van der Waals surface area contributed by atoms with E-state index in [4.69, 9.17) is 9.05 Å². The highest BCUT2D eigenvalue weighted by Crippen LogP contribution is 2.38. The summed E-state index contributed by atoms with van der Waals surface area (Å²) in [6.45, 7) is 4.65. The molecule has 0 aliphatic heterocycles. The second-order valence-electron chi connectivity index (χ2n) is 17.8. The molecule has 0 bridgehead atoms. The van der Waals surface area contributed by atoms with Gasteiger partial charge >= 0.3 is 0 Å². The molecule has 0 aliphatic rings. The molecule has 0 fully saturated rings. The first-order valence-corrected chi connectivity index (χ1v) is 25.3. The SMILES string of the molecule is CCCCCCCCCCCCCCCCCCCCCCCCCCCCCCC(O)C(COP(=O)([O-])OCC[N+](C)(C)C)NC(=O)CCCCCCC. The molecule has 0 rings (SSSR count). The normalized spacial score (nSPS) is 14.2. The van der Waals surface area contributed by atoms with Gasteiger partial charge in [0.25, 0.3) is 7.82 Å². The van der Waals surface area contributed by atoms with Crippen LogP contribution in [0.2, 0.25) is 0 Å². The van der Waals surface area contributed by atoms with Gasteiger partial charge < -0.3 is 28.8 Å². The molecular formula is C46H95N2O6P. The Morgan fingerprint density at radius 2 is 0.891 bits per heavy atom. The quantitative estimate of drug-likeness (QED) is 0.0361. The molecule has 8 nitrogen and oxygen atoms in total. The third-order valence-corrected chi connectivity index (χ3v) is 12.1. The first-order chi connectivity index (χ1) is 26.5. The van der Waals surface area contributed by atoms with Crippen LogP contribution in [0.4, 0.5) is 0 Å². The van der Waals surface area contributed by atoms with Crippen LogP contribution in [0.5, 0.6) is 0 Å². The Labute approximate surface area is 342 Å². The van der Waals surface area contributed by atoms with E-state index in [1.54, 1.807) is 0 Å². The van der Waals surface area contributed by atoms with Gasteiger partial charge in [-0.1, -0.05) is 219 Å². The van der Waals surface area contributed by atoms with E-state index in [-0.39, 0.29) is 19.1 Å². The zero-order chi connectivity index (χ0) is 40.7. The van der Waals surface area contributed by atoms with E-state index >= 15 is 0 Å². The minimum Gasteiger partial charge on any atom is -0.756 e. The molecule has 0 aromatic carbocycles. The number of hydrogen-bond donors (Lipinski definition) is 2. The van der Waals surface area contributed by atoms with Crippen LogP contribution in [0, 0.1) is 0 Å². The van der Waals surface area contributed by atoms with Gasteiger partial charge in [0, 0.05) is 6.42 Å². The van der Waals surface area contributed by atoms with Crippen molar-refractivity contribution in [2.75, 3.05) is 40.9 Å². The number of unbranched alkanes of at least 4 members (excludes halogenated alkanes) is 31. The van der Waals surface area contributed by atoms with E-state index in [2.05, 4.69) is 19.2 Å². The van der Waals surface area contributed by atoms with Gasteiger partial charge in [-0.3, -0.25) is 9.36 Å². The Balaban J connectivity index is 3.88. The van der Waals surface area contributed by atoms with Gasteiger partial charge in [0.05, 0.1) is 39.9 Å². The average Bonchev–Trinajstić information content (AvgIpc) is 3.13. The number of carbonyl (C=O) groups excluding carboxylic acids is 1. The second-order valence-corrected chi connectivity index (χ2v) is 19.2. The van der Waals surface area contributed by atoms with Crippen LogP contribution in [0.1, 0.15) is 239 Å². The summed E-state index contributed by atoms with van der Waals surface area (Å²) in [5, 5.41) is 13.8. The monoisotopic (exact) mass is 803 g/mol. The Morgan fingerprint density at radius 1 is 0.564 bits per heavy atom. The fourth-order valence-electron chi connectivity index (χ4n) is 7.28. The number of aliphatic hydroxyl groups is 1. The van der Waals surface area contributed by atoms with Gasteiger partial charge in [0.15, 0.2) is 0 Å². The second kappa shape index (κ2) is 39.0. The number of nitrogens with one attached hydrogen (secondary N) is 1. The zero-order valence-corrected chi connectivity index (χ0v) is 38.3. The lowest BCUT2D eigenvalue weighted by Gasteiger charge is -2.30. The molecule has 3 unspecified atom stereocenters. The maximum absolute atomic E-state index is 12.6. The summed E-state index contributed by atoms with van der Waals surface area (Å²) >= 11 is 0. The molecule has 0 aliphatic carbocycles. The summed E-state index contributed by atoms with van der Waals surface area (Å²) in [5.74, 6) is -0.175. The van der Waals surface area contributed by atoms with Gasteiger partial charge in [0.2, 0.25) is 5.91 Å². The first-order valence-electron chi connectivity index (χ1n) is 23.9. The van der Waals surface area contributed by atoms with E-state index in [0.717, 1.165) is 51.4 Å². The number of amides is 1. The number of phosphoric acid groups is 1. The Morgan fingerprint density at radius 3 is 1.24 bits per heavy atom. The maximum Gasteiger partial charge on any atom is 0.268 e. The van der Waals surface area contributed by atoms with Gasteiger partial charge in [0.1, 0.15) is 13.2 Å². The van der Waals surface area contributed by atoms with Crippen molar-refractivity contribution in [3.05, 3.63) is 0 Å². The van der Waals surface area contributed by atoms with E-state index in [1.165, 1.54) is 161 Å². The fraction of sp³-hybridized carbons (Fsp3) is 0.978. The number of likely N-dealkylation sites (N-methyl/N-ethyl adjacent to an activating group) is 1. The third-order valence-electron chi connectivity index (χ3n) is 11.1.